The highest BCUT2D eigenvalue weighted by molar-refractivity contribution is 9.10. The summed E-state index contributed by atoms with van der Waals surface area (Å²) in [4.78, 5) is 8.60. The van der Waals surface area contributed by atoms with Gasteiger partial charge in [0.2, 0.25) is 0 Å². The van der Waals surface area contributed by atoms with Gasteiger partial charge in [-0.1, -0.05) is 15.9 Å². The third-order valence-corrected chi connectivity index (χ3v) is 3.48. The molecule has 2 heterocycles. The first-order chi connectivity index (χ1) is 8.66. The molecule has 0 atom stereocenters. The maximum atomic E-state index is 4.34. The predicted molar refractivity (Wildman–Crippen MR) is 76.0 cm³/mol. The van der Waals surface area contributed by atoms with Gasteiger partial charge in [0, 0.05) is 10.7 Å². The minimum absolute atomic E-state index is 0.777. The molecule has 0 aliphatic carbocycles. The van der Waals surface area contributed by atoms with Crippen molar-refractivity contribution >= 4 is 27.1 Å². The molecule has 3 rings (SSSR count). The molecule has 0 amide bonds. The fourth-order valence-corrected chi connectivity index (χ4v) is 3.00. The maximum absolute atomic E-state index is 4.34. The zero-order valence-corrected chi connectivity index (χ0v) is 11.8. The Morgan fingerprint density at radius 1 is 1.11 bits per heavy atom. The van der Waals surface area contributed by atoms with Gasteiger partial charge in [-0.15, -0.1) is 0 Å². The van der Waals surface area contributed by atoms with Gasteiger partial charge in [-0.05, 0) is 49.2 Å². The molecule has 0 aliphatic heterocycles. The van der Waals surface area contributed by atoms with Crippen LogP contribution < -0.4 is 0 Å². The minimum atomic E-state index is 0.777. The molecule has 18 heavy (non-hydrogen) atoms. The molecule has 3 aromatic rings. The molecule has 1 aromatic carbocycles. The monoisotopic (exact) mass is 301 g/mol. The van der Waals surface area contributed by atoms with Gasteiger partial charge in [0.15, 0.2) is 5.65 Å². The molecule has 0 aliphatic rings. The lowest BCUT2D eigenvalue weighted by molar-refractivity contribution is 1.05. The molecule has 90 valence electrons. The number of imidazole rings is 1. The SMILES string of the molecule is Cc1cc(Br)cc(C)c1-n1cnc2ncccc21. The van der Waals surface area contributed by atoms with E-state index in [2.05, 4.69) is 56.4 Å². The molecule has 3 nitrogen and oxygen atoms in total. The summed E-state index contributed by atoms with van der Waals surface area (Å²) in [5.74, 6) is 0. The Kier molecular flexibility index (Phi) is 2.67. The Bertz CT molecular complexity index is 708. The summed E-state index contributed by atoms with van der Waals surface area (Å²) in [7, 11) is 0. The minimum Gasteiger partial charge on any atom is -0.297 e. The van der Waals surface area contributed by atoms with Crippen molar-refractivity contribution in [3.05, 3.63) is 52.4 Å². The quantitative estimate of drug-likeness (QED) is 0.684. The first-order valence-electron chi connectivity index (χ1n) is 5.72. The third kappa shape index (κ3) is 1.73. The van der Waals surface area contributed by atoms with Crippen LogP contribution in [0.1, 0.15) is 11.1 Å². The highest BCUT2D eigenvalue weighted by atomic mass is 79.9. The fraction of sp³-hybridized carbons (Fsp3) is 0.143. The number of benzene rings is 1. The van der Waals surface area contributed by atoms with Crippen LogP contribution in [0, 0.1) is 13.8 Å². The van der Waals surface area contributed by atoms with E-state index in [4.69, 9.17) is 0 Å². The lowest BCUT2D eigenvalue weighted by Gasteiger charge is -2.12. The van der Waals surface area contributed by atoms with Gasteiger partial charge in [-0.25, -0.2) is 9.97 Å². The summed E-state index contributed by atoms with van der Waals surface area (Å²) in [6.07, 6.45) is 3.60. The third-order valence-electron chi connectivity index (χ3n) is 3.02. The zero-order chi connectivity index (χ0) is 12.7. The maximum Gasteiger partial charge on any atom is 0.177 e. The number of hydrogen-bond acceptors (Lipinski definition) is 2. The largest absolute Gasteiger partial charge is 0.297 e. The van der Waals surface area contributed by atoms with Crippen LogP contribution in [0.2, 0.25) is 0 Å². The van der Waals surface area contributed by atoms with E-state index in [1.165, 1.54) is 16.8 Å². The highest BCUT2D eigenvalue weighted by Crippen LogP contribution is 2.26. The van der Waals surface area contributed by atoms with Crippen LogP contribution in [0.5, 0.6) is 0 Å². The Morgan fingerprint density at radius 2 is 1.83 bits per heavy atom. The summed E-state index contributed by atoms with van der Waals surface area (Å²) in [5.41, 5.74) is 5.41. The number of hydrogen-bond donors (Lipinski definition) is 0. The standard InChI is InChI=1S/C14H12BrN3/c1-9-6-11(15)7-10(2)13(9)18-8-17-14-12(18)4-3-5-16-14/h3-8H,1-2H3. The van der Waals surface area contributed by atoms with Crippen LogP contribution >= 0.6 is 15.9 Å². The lowest BCUT2D eigenvalue weighted by Crippen LogP contribution is -1.99. The summed E-state index contributed by atoms with van der Waals surface area (Å²) < 4.78 is 3.20. The van der Waals surface area contributed by atoms with E-state index in [9.17, 15) is 0 Å². The van der Waals surface area contributed by atoms with E-state index in [0.29, 0.717) is 0 Å². The molecule has 0 saturated carbocycles. The molecule has 0 bridgehead atoms. The first-order valence-corrected chi connectivity index (χ1v) is 6.51. The van der Waals surface area contributed by atoms with E-state index in [1.54, 1.807) is 6.20 Å². The van der Waals surface area contributed by atoms with Crippen molar-refractivity contribution in [1.29, 1.82) is 0 Å². The number of nitrogens with zero attached hydrogens (tertiary/aromatic N) is 3. The van der Waals surface area contributed by atoms with Gasteiger partial charge < -0.3 is 0 Å². The lowest BCUT2D eigenvalue weighted by atomic mass is 10.1. The smallest absolute Gasteiger partial charge is 0.177 e. The Morgan fingerprint density at radius 3 is 2.56 bits per heavy atom. The Hall–Kier alpha value is -1.68. The molecule has 0 fully saturated rings. The molecule has 0 radical (unpaired) electrons. The number of fused-ring (bicyclic) bond motifs is 1. The number of aromatic nitrogens is 3. The summed E-state index contributed by atoms with van der Waals surface area (Å²) in [5, 5.41) is 0. The molecule has 0 saturated heterocycles. The first kappa shape index (κ1) is 11.4. The van der Waals surface area contributed by atoms with Crippen molar-refractivity contribution < 1.29 is 0 Å². The second-order valence-electron chi connectivity index (χ2n) is 4.35. The van der Waals surface area contributed by atoms with E-state index >= 15 is 0 Å². The summed E-state index contributed by atoms with van der Waals surface area (Å²) >= 11 is 3.52. The normalized spacial score (nSPS) is 11.1. The topological polar surface area (TPSA) is 30.7 Å². The number of halogens is 1. The predicted octanol–water partition coefficient (Wildman–Crippen LogP) is 3.80. The van der Waals surface area contributed by atoms with Crippen molar-refractivity contribution in [2.24, 2.45) is 0 Å². The number of aryl methyl sites for hydroxylation is 2. The molecular formula is C14H12BrN3. The fourth-order valence-electron chi connectivity index (χ4n) is 2.31. The van der Waals surface area contributed by atoms with Gasteiger partial charge in [-0.3, -0.25) is 4.57 Å². The molecule has 0 spiro atoms. The van der Waals surface area contributed by atoms with Crippen LogP contribution in [0.25, 0.3) is 16.9 Å². The van der Waals surface area contributed by atoms with Gasteiger partial charge >= 0.3 is 0 Å². The summed E-state index contributed by atoms with van der Waals surface area (Å²) in [6.45, 7) is 4.21. The van der Waals surface area contributed by atoms with Crippen molar-refractivity contribution in [2.75, 3.05) is 0 Å². The second-order valence-corrected chi connectivity index (χ2v) is 5.26. The summed E-state index contributed by atoms with van der Waals surface area (Å²) in [6, 6.07) is 8.20. The van der Waals surface area contributed by atoms with Gasteiger partial charge in [0.05, 0.1) is 11.2 Å². The van der Waals surface area contributed by atoms with Gasteiger partial charge in [0.25, 0.3) is 0 Å². The average molecular weight is 302 g/mol. The van der Waals surface area contributed by atoms with Crippen LogP contribution in [0.4, 0.5) is 0 Å². The van der Waals surface area contributed by atoms with Crippen LogP contribution in [0.3, 0.4) is 0 Å². The van der Waals surface area contributed by atoms with Crippen molar-refractivity contribution in [3.63, 3.8) is 0 Å². The van der Waals surface area contributed by atoms with E-state index in [1.807, 2.05) is 18.5 Å². The van der Waals surface area contributed by atoms with E-state index in [-0.39, 0.29) is 0 Å². The molecule has 0 N–H and O–H groups in total. The molecule has 4 heteroatoms. The Labute approximate surface area is 114 Å². The average Bonchev–Trinajstić information content (AvgIpc) is 2.72. The van der Waals surface area contributed by atoms with E-state index in [0.717, 1.165) is 15.6 Å². The Balaban J connectivity index is 2.33. The number of rotatable bonds is 1. The molecule has 2 aromatic heterocycles. The molecule has 0 unspecified atom stereocenters. The zero-order valence-electron chi connectivity index (χ0n) is 10.2. The van der Waals surface area contributed by atoms with E-state index < -0.39 is 0 Å². The van der Waals surface area contributed by atoms with Crippen LogP contribution in [0.15, 0.2) is 41.3 Å². The van der Waals surface area contributed by atoms with Crippen molar-refractivity contribution in [2.45, 2.75) is 13.8 Å². The highest BCUT2D eigenvalue weighted by Gasteiger charge is 2.10. The van der Waals surface area contributed by atoms with Gasteiger partial charge in [0.1, 0.15) is 6.33 Å². The second kappa shape index (κ2) is 4.21. The number of pyridine rings is 1. The van der Waals surface area contributed by atoms with Gasteiger partial charge in [-0.2, -0.15) is 0 Å². The van der Waals surface area contributed by atoms with Crippen LogP contribution in [-0.4, -0.2) is 14.5 Å². The van der Waals surface area contributed by atoms with Crippen molar-refractivity contribution in [1.82, 2.24) is 14.5 Å². The van der Waals surface area contributed by atoms with Crippen molar-refractivity contribution in [3.8, 4) is 5.69 Å². The van der Waals surface area contributed by atoms with Crippen LogP contribution in [-0.2, 0) is 0 Å². The molecular weight excluding hydrogens is 290 g/mol.